The van der Waals surface area contributed by atoms with Gasteiger partial charge in [-0.3, -0.25) is 0 Å². The van der Waals surface area contributed by atoms with Gasteiger partial charge >= 0.3 is 11.9 Å². The Morgan fingerprint density at radius 1 is 0.971 bits per heavy atom. The van der Waals surface area contributed by atoms with Gasteiger partial charge in [0, 0.05) is 5.56 Å². The Morgan fingerprint density at radius 2 is 1.69 bits per heavy atom. The molecule has 6 nitrogen and oxygen atoms in total. The van der Waals surface area contributed by atoms with Gasteiger partial charge in [-0.05, 0) is 65.9 Å². The summed E-state index contributed by atoms with van der Waals surface area (Å²) in [6.07, 6.45) is 1.62. The fourth-order valence-electron chi connectivity index (χ4n) is 3.50. The number of cyclic esters (lactones) is 1. The van der Waals surface area contributed by atoms with Crippen molar-refractivity contribution in [1.29, 1.82) is 0 Å². The molecular formula is C29H27NO5. The summed E-state index contributed by atoms with van der Waals surface area (Å²) in [4.78, 5) is 29.3. The maximum atomic E-state index is 12.5. The SMILES string of the molecule is CCOc1cc(/C=C2/N=C(c3ccc(C(C)(C)C)cc3)OC2=O)ccc1OC(=O)c1ccccc1. The molecule has 3 aromatic rings. The minimum absolute atomic E-state index is 0.0254. The van der Waals surface area contributed by atoms with Gasteiger partial charge in [-0.1, -0.05) is 57.2 Å². The fraction of sp³-hybridized carbons (Fsp3) is 0.207. The van der Waals surface area contributed by atoms with Crippen LogP contribution in [0.15, 0.2) is 83.5 Å². The average molecular weight is 470 g/mol. The molecule has 0 atom stereocenters. The van der Waals surface area contributed by atoms with Crippen LogP contribution in [0.25, 0.3) is 6.08 Å². The Labute approximate surface area is 204 Å². The van der Waals surface area contributed by atoms with Gasteiger partial charge in [0.05, 0.1) is 12.2 Å². The van der Waals surface area contributed by atoms with Crippen LogP contribution in [0.3, 0.4) is 0 Å². The van der Waals surface area contributed by atoms with E-state index in [-0.39, 0.29) is 17.0 Å². The van der Waals surface area contributed by atoms with E-state index in [0.29, 0.717) is 29.2 Å². The van der Waals surface area contributed by atoms with E-state index >= 15 is 0 Å². The molecule has 4 rings (SSSR count). The standard InChI is InChI=1S/C29H27NO5/c1-5-33-25-18-19(11-16-24(25)34-27(31)21-9-7-6-8-10-21)17-23-28(32)35-26(30-23)20-12-14-22(15-13-20)29(2,3)4/h6-18H,5H2,1-4H3/b23-17+. The van der Waals surface area contributed by atoms with Crippen LogP contribution in [0.1, 0.15) is 54.7 Å². The van der Waals surface area contributed by atoms with Gasteiger partial charge in [-0.2, -0.15) is 0 Å². The quantitative estimate of drug-likeness (QED) is 0.253. The van der Waals surface area contributed by atoms with Crippen molar-refractivity contribution in [2.45, 2.75) is 33.1 Å². The van der Waals surface area contributed by atoms with E-state index in [1.807, 2.05) is 37.3 Å². The molecule has 0 amide bonds. The maximum Gasteiger partial charge on any atom is 0.363 e. The normalized spacial score (nSPS) is 14.5. The van der Waals surface area contributed by atoms with Crippen LogP contribution in [0, 0.1) is 0 Å². The lowest BCUT2D eigenvalue weighted by Gasteiger charge is -2.18. The van der Waals surface area contributed by atoms with E-state index in [1.54, 1.807) is 48.5 Å². The second-order valence-electron chi connectivity index (χ2n) is 9.06. The fourth-order valence-corrected chi connectivity index (χ4v) is 3.50. The number of nitrogens with zero attached hydrogens (tertiary/aromatic N) is 1. The molecule has 178 valence electrons. The number of benzene rings is 3. The van der Waals surface area contributed by atoms with Crippen molar-refractivity contribution in [2.75, 3.05) is 6.61 Å². The first-order valence-electron chi connectivity index (χ1n) is 11.4. The number of esters is 2. The first kappa shape index (κ1) is 24.0. The number of carbonyl (C=O) groups excluding carboxylic acids is 2. The number of ether oxygens (including phenoxy) is 3. The van der Waals surface area contributed by atoms with Crippen molar-refractivity contribution in [1.82, 2.24) is 0 Å². The van der Waals surface area contributed by atoms with Gasteiger partial charge in [0.2, 0.25) is 5.90 Å². The van der Waals surface area contributed by atoms with Crippen molar-refractivity contribution >= 4 is 23.9 Å². The van der Waals surface area contributed by atoms with Crippen LogP contribution >= 0.6 is 0 Å². The van der Waals surface area contributed by atoms with E-state index < -0.39 is 11.9 Å². The molecule has 0 bridgehead atoms. The monoisotopic (exact) mass is 469 g/mol. The number of carbonyl (C=O) groups is 2. The number of hydrogen-bond donors (Lipinski definition) is 0. The van der Waals surface area contributed by atoms with Gasteiger partial charge in [-0.15, -0.1) is 0 Å². The lowest BCUT2D eigenvalue weighted by molar-refractivity contribution is -0.129. The maximum absolute atomic E-state index is 12.5. The third kappa shape index (κ3) is 5.66. The second-order valence-corrected chi connectivity index (χ2v) is 9.06. The van der Waals surface area contributed by atoms with Crippen LogP contribution in [-0.2, 0) is 14.9 Å². The summed E-state index contributed by atoms with van der Waals surface area (Å²) in [5, 5.41) is 0. The van der Waals surface area contributed by atoms with Crippen LogP contribution in [-0.4, -0.2) is 24.4 Å². The highest BCUT2D eigenvalue weighted by Gasteiger charge is 2.25. The molecule has 0 radical (unpaired) electrons. The molecule has 3 aromatic carbocycles. The lowest BCUT2D eigenvalue weighted by Crippen LogP contribution is -2.11. The lowest BCUT2D eigenvalue weighted by atomic mass is 9.87. The molecule has 0 unspecified atom stereocenters. The average Bonchev–Trinajstić information content (AvgIpc) is 3.21. The van der Waals surface area contributed by atoms with Crippen LogP contribution in [0.5, 0.6) is 11.5 Å². The number of rotatable bonds is 6. The molecule has 0 aromatic heterocycles. The minimum atomic E-state index is -0.530. The van der Waals surface area contributed by atoms with Crippen molar-refractivity contribution in [3.63, 3.8) is 0 Å². The summed E-state index contributed by atoms with van der Waals surface area (Å²) in [6, 6.07) is 21.6. The van der Waals surface area contributed by atoms with Crippen LogP contribution < -0.4 is 9.47 Å². The van der Waals surface area contributed by atoms with Crippen LogP contribution in [0.2, 0.25) is 0 Å². The van der Waals surface area contributed by atoms with Crippen molar-refractivity contribution < 1.29 is 23.8 Å². The van der Waals surface area contributed by atoms with Gasteiger partial charge in [0.15, 0.2) is 17.2 Å². The van der Waals surface area contributed by atoms with E-state index in [9.17, 15) is 9.59 Å². The smallest absolute Gasteiger partial charge is 0.363 e. The minimum Gasteiger partial charge on any atom is -0.490 e. The summed E-state index contributed by atoms with van der Waals surface area (Å²) in [5.41, 5.74) is 3.21. The molecule has 1 aliphatic rings. The zero-order chi connectivity index (χ0) is 25.0. The Hall–Kier alpha value is -4.19. The van der Waals surface area contributed by atoms with Crippen LogP contribution in [0.4, 0.5) is 0 Å². The molecule has 1 heterocycles. The summed E-state index contributed by atoms with van der Waals surface area (Å²) >= 11 is 0. The first-order chi connectivity index (χ1) is 16.7. The summed E-state index contributed by atoms with van der Waals surface area (Å²) in [6.45, 7) is 8.63. The molecule has 0 fully saturated rings. The Morgan fingerprint density at radius 3 is 2.34 bits per heavy atom. The molecule has 35 heavy (non-hydrogen) atoms. The highest BCUT2D eigenvalue weighted by Crippen LogP contribution is 2.31. The van der Waals surface area contributed by atoms with E-state index in [0.717, 1.165) is 5.56 Å². The van der Waals surface area contributed by atoms with E-state index in [4.69, 9.17) is 14.2 Å². The molecule has 6 heteroatoms. The van der Waals surface area contributed by atoms with Crippen molar-refractivity contribution in [2.24, 2.45) is 4.99 Å². The van der Waals surface area contributed by atoms with Gasteiger partial charge in [-0.25, -0.2) is 14.6 Å². The second kappa shape index (κ2) is 9.97. The zero-order valence-corrected chi connectivity index (χ0v) is 20.2. The predicted octanol–water partition coefficient (Wildman–Crippen LogP) is 5.95. The molecular weight excluding hydrogens is 442 g/mol. The molecule has 0 N–H and O–H groups in total. The molecule has 0 aliphatic carbocycles. The zero-order valence-electron chi connectivity index (χ0n) is 20.2. The molecule has 0 saturated carbocycles. The summed E-state index contributed by atoms with van der Waals surface area (Å²) < 4.78 is 16.6. The van der Waals surface area contributed by atoms with Gasteiger partial charge in [0.1, 0.15) is 0 Å². The topological polar surface area (TPSA) is 74.2 Å². The Bertz CT molecular complexity index is 1300. The highest BCUT2D eigenvalue weighted by atomic mass is 16.6. The molecule has 0 saturated heterocycles. The largest absolute Gasteiger partial charge is 0.490 e. The Balaban J connectivity index is 1.57. The summed E-state index contributed by atoms with van der Waals surface area (Å²) in [7, 11) is 0. The van der Waals surface area contributed by atoms with E-state index in [1.165, 1.54) is 5.56 Å². The first-order valence-corrected chi connectivity index (χ1v) is 11.4. The number of aliphatic imine (C=N–C) groups is 1. The van der Waals surface area contributed by atoms with Gasteiger partial charge in [0.25, 0.3) is 0 Å². The third-order valence-corrected chi connectivity index (χ3v) is 5.40. The highest BCUT2D eigenvalue weighted by molar-refractivity contribution is 6.12. The van der Waals surface area contributed by atoms with Gasteiger partial charge < -0.3 is 14.2 Å². The molecule has 1 aliphatic heterocycles. The molecule has 0 spiro atoms. The third-order valence-electron chi connectivity index (χ3n) is 5.40. The summed E-state index contributed by atoms with van der Waals surface area (Å²) in [5.74, 6) is -0.0687. The number of hydrogen-bond acceptors (Lipinski definition) is 6. The van der Waals surface area contributed by atoms with Crippen molar-refractivity contribution in [3.8, 4) is 11.5 Å². The van der Waals surface area contributed by atoms with Crippen molar-refractivity contribution in [3.05, 3.63) is 101 Å². The van der Waals surface area contributed by atoms with E-state index in [2.05, 4.69) is 25.8 Å². The predicted molar refractivity (Wildman–Crippen MR) is 135 cm³/mol. The Kier molecular flexibility index (Phi) is 6.82.